The van der Waals surface area contributed by atoms with Gasteiger partial charge in [-0.25, -0.2) is 0 Å². The van der Waals surface area contributed by atoms with Gasteiger partial charge in [0.15, 0.2) is 0 Å². The van der Waals surface area contributed by atoms with Crippen molar-refractivity contribution in [3.8, 4) is 6.07 Å². The molecule has 0 bridgehead atoms. The third-order valence-corrected chi connectivity index (χ3v) is 7.28. The maximum atomic E-state index is 8.81. The molecule has 1 fully saturated rings. The van der Waals surface area contributed by atoms with Crippen LogP contribution in [0.3, 0.4) is 0 Å². The standard InChI is InChI=1S/C30H51N3/c1-2-3-4-5-6-7-8-9-10-11-12-13-14-15-16-17-24-32-25-27-33(28-26-32)30-20-18-29(19-21-30)22-23-31/h18-21H,2-17,22,24-28H2,1H3. The number of unbranched alkanes of at least 4 members (excludes halogenated alkanes) is 15. The van der Waals surface area contributed by atoms with Gasteiger partial charge in [0.1, 0.15) is 0 Å². The predicted molar refractivity (Wildman–Crippen MR) is 144 cm³/mol. The van der Waals surface area contributed by atoms with E-state index < -0.39 is 0 Å². The van der Waals surface area contributed by atoms with Crippen molar-refractivity contribution in [3.63, 3.8) is 0 Å². The minimum Gasteiger partial charge on any atom is -0.369 e. The second-order valence-corrected chi connectivity index (χ2v) is 10.1. The number of piperazine rings is 1. The highest BCUT2D eigenvalue weighted by Crippen LogP contribution is 2.18. The molecular formula is C30H51N3. The Balaban J connectivity index is 1.35. The second kappa shape index (κ2) is 18.8. The van der Waals surface area contributed by atoms with Gasteiger partial charge in [0.25, 0.3) is 0 Å². The Kier molecular flexibility index (Phi) is 15.8. The number of anilines is 1. The summed E-state index contributed by atoms with van der Waals surface area (Å²) in [6.07, 6.45) is 23.5. The molecule has 0 unspecified atom stereocenters. The average molecular weight is 454 g/mol. The van der Waals surface area contributed by atoms with Gasteiger partial charge in [0.2, 0.25) is 0 Å². The summed E-state index contributed by atoms with van der Waals surface area (Å²) in [4.78, 5) is 5.13. The molecule has 0 amide bonds. The van der Waals surface area contributed by atoms with E-state index in [1.165, 1.54) is 128 Å². The first kappa shape index (κ1) is 27.7. The first-order valence-electron chi connectivity index (χ1n) is 14.3. The number of rotatable bonds is 19. The Bertz CT molecular complexity index is 610. The molecule has 1 aromatic rings. The van der Waals surface area contributed by atoms with Gasteiger partial charge in [0.05, 0.1) is 12.5 Å². The maximum absolute atomic E-state index is 8.81. The van der Waals surface area contributed by atoms with Crippen LogP contribution in [0.4, 0.5) is 5.69 Å². The van der Waals surface area contributed by atoms with Crippen LogP contribution in [0, 0.1) is 11.3 Å². The molecule has 1 aromatic carbocycles. The molecule has 3 heteroatoms. The molecule has 1 aliphatic rings. The van der Waals surface area contributed by atoms with Gasteiger partial charge < -0.3 is 4.90 Å². The van der Waals surface area contributed by atoms with Gasteiger partial charge in [-0.3, -0.25) is 4.90 Å². The second-order valence-electron chi connectivity index (χ2n) is 10.1. The summed E-state index contributed by atoms with van der Waals surface area (Å²) in [7, 11) is 0. The van der Waals surface area contributed by atoms with E-state index in [2.05, 4.69) is 47.1 Å². The lowest BCUT2D eigenvalue weighted by molar-refractivity contribution is 0.252. The Morgan fingerprint density at radius 2 is 1.09 bits per heavy atom. The first-order valence-corrected chi connectivity index (χ1v) is 14.3. The Labute approximate surface area is 205 Å². The smallest absolute Gasteiger partial charge is 0.0669 e. The van der Waals surface area contributed by atoms with E-state index in [9.17, 15) is 0 Å². The van der Waals surface area contributed by atoms with Crippen LogP contribution in [0.1, 0.15) is 115 Å². The Hall–Kier alpha value is -1.53. The molecule has 2 rings (SSSR count). The number of hydrogen-bond acceptors (Lipinski definition) is 3. The van der Waals surface area contributed by atoms with E-state index in [1.807, 2.05) is 0 Å². The fourth-order valence-electron chi connectivity index (χ4n) is 5.03. The van der Waals surface area contributed by atoms with Gasteiger partial charge in [0, 0.05) is 31.9 Å². The summed E-state index contributed by atoms with van der Waals surface area (Å²) in [6.45, 7) is 8.17. The SMILES string of the molecule is CCCCCCCCCCCCCCCCCCN1CCN(c2ccc(CC#N)cc2)CC1. The number of nitrogens with zero attached hydrogens (tertiary/aromatic N) is 3. The molecule has 1 saturated heterocycles. The highest BCUT2D eigenvalue weighted by atomic mass is 15.3. The predicted octanol–water partition coefficient (Wildman–Crippen LogP) is 8.14. The zero-order valence-electron chi connectivity index (χ0n) is 21.7. The minimum atomic E-state index is 0.507. The van der Waals surface area contributed by atoms with Crippen molar-refractivity contribution < 1.29 is 0 Å². The highest BCUT2D eigenvalue weighted by Gasteiger charge is 2.16. The summed E-state index contributed by atoms with van der Waals surface area (Å²) in [5.41, 5.74) is 2.42. The average Bonchev–Trinajstić information content (AvgIpc) is 2.85. The fourth-order valence-corrected chi connectivity index (χ4v) is 5.03. The maximum Gasteiger partial charge on any atom is 0.0669 e. The van der Waals surface area contributed by atoms with Crippen molar-refractivity contribution in [1.82, 2.24) is 4.90 Å². The van der Waals surface area contributed by atoms with Crippen LogP contribution in [0.25, 0.3) is 0 Å². The van der Waals surface area contributed by atoms with E-state index in [-0.39, 0.29) is 0 Å². The largest absolute Gasteiger partial charge is 0.369 e. The minimum absolute atomic E-state index is 0.507. The molecule has 0 atom stereocenters. The van der Waals surface area contributed by atoms with Gasteiger partial charge >= 0.3 is 0 Å². The Morgan fingerprint density at radius 3 is 1.55 bits per heavy atom. The van der Waals surface area contributed by atoms with Gasteiger partial charge in [-0.1, -0.05) is 115 Å². The molecule has 0 radical (unpaired) electrons. The molecule has 0 saturated carbocycles. The monoisotopic (exact) mass is 453 g/mol. The van der Waals surface area contributed by atoms with Crippen LogP contribution >= 0.6 is 0 Å². The van der Waals surface area contributed by atoms with E-state index in [0.717, 1.165) is 18.7 Å². The van der Waals surface area contributed by atoms with Crippen molar-refractivity contribution in [2.45, 2.75) is 116 Å². The molecule has 1 heterocycles. The van der Waals surface area contributed by atoms with Crippen molar-refractivity contribution in [2.24, 2.45) is 0 Å². The van der Waals surface area contributed by atoms with Crippen molar-refractivity contribution >= 4 is 5.69 Å². The molecule has 0 spiro atoms. The van der Waals surface area contributed by atoms with Crippen LogP contribution in [0.2, 0.25) is 0 Å². The van der Waals surface area contributed by atoms with Gasteiger partial charge in [-0.05, 0) is 30.7 Å². The van der Waals surface area contributed by atoms with Crippen molar-refractivity contribution in [2.75, 3.05) is 37.6 Å². The van der Waals surface area contributed by atoms with Crippen LogP contribution < -0.4 is 4.90 Å². The summed E-state index contributed by atoms with van der Waals surface area (Å²) in [5, 5.41) is 8.81. The molecule has 33 heavy (non-hydrogen) atoms. The summed E-state index contributed by atoms with van der Waals surface area (Å²) in [5.74, 6) is 0. The van der Waals surface area contributed by atoms with Crippen LogP contribution in [0.5, 0.6) is 0 Å². The van der Waals surface area contributed by atoms with Gasteiger partial charge in [-0.2, -0.15) is 5.26 Å². The molecule has 3 nitrogen and oxygen atoms in total. The van der Waals surface area contributed by atoms with E-state index in [1.54, 1.807) is 0 Å². The zero-order valence-corrected chi connectivity index (χ0v) is 21.7. The molecule has 186 valence electrons. The lowest BCUT2D eigenvalue weighted by Crippen LogP contribution is -2.46. The summed E-state index contributed by atoms with van der Waals surface area (Å²) >= 11 is 0. The van der Waals surface area contributed by atoms with Gasteiger partial charge in [-0.15, -0.1) is 0 Å². The van der Waals surface area contributed by atoms with E-state index >= 15 is 0 Å². The third-order valence-electron chi connectivity index (χ3n) is 7.28. The van der Waals surface area contributed by atoms with Crippen LogP contribution in [0.15, 0.2) is 24.3 Å². The summed E-state index contributed by atoms with van der Waals surface area (Å²) in [6, 6.07) is 10.8. The first-order chi connectivity index (χ1) is 16.3. The molecule has 0 N–H and O–H groups in total. The molecular weight excluding hydrogens is 402 g/mol. The molecule has 0 aliphatic carbocycles. The number of hydrogen-bond donors (Lipinski definition) is 0. The topological polar surface area (TPSA) is 30.3 Å². The fraction of sp³-hybridized carbons (Fsp3) is 0.767. The third kappa shape index (κ3) is 13.1. The number of nitriles is 1. The highest BCUT2D eigenvalue weighted by molar-refractivity contribution is 5.48. The Morgan fingerprint density at radius 1 is 0.636 bits per heavy atom. The molecule has 0 aromatic heterocycles. The van der Waals surface area contributed by atoms with Crippen LogP contribution in [-0.2, 0) is 6.42 Å². The van der Waals surface area contributed by atoms with Crippen molar-refractivity contribution in [1.29, 1.82) is 5.26 Å². The lowest BCUT2D eigenvalue weighted by atomic mass is 10.0. The quantitative estimate of drug-likeness (QED) is 0.198. The van der Waals surface area contributed by atoms with E-state index in [0.29, 0.717) is 6.42 Å². The lowest BCUT2D eigenvalue weighted by Gasteiger charge is -2.36. The normalized spacial score (nSPS) is 14.5. The molecule has 1 aliphatic heterocycles. The van der Waals surface area contributed by atoms with E-state index in [4.69, 9.17) is 5.26 Å². The van der Waals surface area contributed by atoms with Crippen molar-refractivity contribution in [3.05, 3.63) is 29.8 Å². The number of benzene rings is 1. The zero-order chi connectivity index (χ0) is 23.4. The summed E-state index contributed by atoms with van der Waals surface area (Å²) < 4.78 is 0. The van der Waals surface area contributed by atoms with Crippen LogP contribution in [-0.4, -0.2) is 37.6 Å².